The molecule has 3 aromatic carbocycles. The second-order valence-electron chi connectivity index (χ2n) is 7.95. The van der Waals surface area contributed by atoms with Crippen LogP contribution in [0.4, 0.5) is 11.4 Å². The minimum absolute atomic E-state index is 0.146. The highest BCUT2D eigenvalue weighted by atomic mass is 16.5. The number of hydrogen-bond donors (Lipinski definition) is 1. The molecular weight excluding hydrogens is 444 g/mol. The molecule has 0 bridgehead atoms. The van der Waals surface area contributed by atoms with Crippen LogP contribution in [0.2, 0.25) is 0 Å². The fraction of sp³-hybridized carbons (Fsp3) is 0.321. The number of unbranched alkanes of at least 4 members (excludes halogenated alkanes) is 4. The van der Waals surface area contributed by atoms with Gasteiger partial charge in [-0.15, -0.1) is 5.11 Å². The molecule has 0 heterocycles. The summed E-state index contributed by atoms with van der Waals surface area (Å²) in [7, 11) is 0. The zero-order valence-corrected chi connectivity index (χ0v) is 20.3. The van der Waals surface area contributed by atoms with E-state index in [-0.39, 0.29) is 17.2 Å². The van der Waals surface area contributed by atoms with E-state index in [1.54, 1.807) is 54.6 Å². The number of carbonyl (C=O) groups excluding carboxylic acids is 1. The normalized spacial score (nSPS) is 10.9. The molecule has 184 valence electrons. The summed E-state index contributed by atoms with van der Waals surface area (Å²) in [5.41, 5.74) is 1.27. The molecule has 0 saturated heterocycles. The number of benzene rings is 3. The molecule has 0 aromatic heterocycles. The molecule has 0 radical (unpaired) electrons. The predicted molar refractivity (Wildman–Crippen MR) is 136 cm³/mol. The van der Waals surface area contributed by atoms with Crippen molar-refractivity contribution >= 4 is 17.3 Å². The van der Waals surface area contributed by atoms with Crippen molar-refractivity contribution in [3.8, 4) is 23.0 Å². The first kappa shape index (κ1) is 25.7. The van der Waals surface area contributed by atoms with Crippen molar-refractivity contribution in [3.63, 3.8) is 0 Å². The van der Waals surface area contributed by atoms with Crippen LogP contribution in [0.25, 0.3) is 0 Å². The second-order valence-corrected chi connectivity index (χ2v) is 7.95. The van der Waals surface area contributed by atoms with E-state index in [0.717, 1.165) is 24.3 Å². The number of carbonyl (C=O) groups is 1. The van der Waals surface area contributed by atoms with Crippen molar-refractivity contribution in [2.75, 3.05) is 13.2 Å². The number of esters is 1. The number of azo groups is 1. The fourth-order valence-electron chi connectivity index (χ4n) is 3.29. The van der Waals surface area contributed by atoms with Crippen molar-refractivity contribution in [1.82, 2.24) is 0 Å². The molecule has 0 spiro atoms. The SMILES string of the molecule is CCCCCCCOc1ccc(C(=O)Oc2ccc(N=Nc3ccc(OCC)cc3)c(O)c2)cc1. The van der Waals surface area contributed by atoms with E-state index >= 15 is 0 Å². The Labute approximate surface area is 206 Å². The van der Waals surface area contributed by atoms with Crippen LogP contribution in [0.3, 0.4) is 0 Å². The van der Waals surface area contributed by atoms with Gasteiger partial charge in [-0.2, -0.15) is 5.11 Å². The molecule has 0 fully saturated rings. The predicted octanol–water partition coefficient (Wildman–Crippen LogP) is 7.77. The van der Waals surface area contributed by atoms with Gasteiger partial charge in [0, 0.05) is 6.07 Å². The topological polar surface area (TPSA) is 89.7 Å². The molecule has 0 aliphatic rings. The average Bonchev–Trinajstić information content (AvgIpc) is 2.87. The van der Waals surface area contributed by atoms with Gasteiger partial charge in [0.25, 0.3) is 0 Å². The summed E-state index contributed by atoms with van der Waals surface area (Å²) in [6.45, 7) is 5.36. The van der Waals surface area contributed by atoms with Crippen molar-refractivity contribution in [2.45, 2.75) is 46.0 Å². The molecule has 0 aliphatic carbocycles. The Morgan fingerprint density at radius 3 is 2.11 bits per heavy atom. The van der Waals surface area contributed by atoms with Gasteiger partial charge in [0.1, 0.15) is 28.7 Å². The maximum atomic E-state index is 12.5. The first-order chi connectivity index (χ1) is 17.1. The maximum absolute atomic E-state index is 12.5. The standard InChI is InChI=1S/C28H32N2O5/c1-3-5-6-7-8-19-34-24-13-9-21(10-14-24)28(32)35-25-17-18-26(27(31)20-25)30-29-22-11-15-23(16-12-22)33-4-2/h9-18,20,31H,3-8,19H2,1-2H3. The van der Waals surface area contributed by atoms with Crippen LogP contribution in [0, 0.1) is 0 Å². The second kappa shape index (κ2) is 13.7. The molecule has 0 unspecified atom stereocenters. The maximum Gasteiger partial charge on any atom is 0.343 e. The third-order valence-electron chi connectivity index (χ3n) is 5.18. The van der Waals surface area contributed by atoms with Crippen LogP contribution in [0.5, 0.6) is 23.0 Å². The monoisotopic (exact) mass is 476 g/mol. The molecule has 0 aliphatic heterocycles. The van der Waals surface area contributed by atoms with E-state index in [0.29, 0.717) is 24.5 Å². The molecule has 1 N–H and O–H groups in total. The minimum Gasteiger partial charge on any atom is -0.505 e. The Morgan fingerprint density at radius 1 is 0.771 bits per heavy atom. The van der Waals surface area contributed by atoms with Gasteiger partial charge in [-0.05, 0) is 74.0 Å². The lowest BCUT2D eigenvalue weighted by Gasteiger charge is -2.08. The third kappa shape index (κ3) is 8.45. The minimum atomic E-state index is -0.528. The number of hydrogen-bond acceptors (Lipinski definition) is 7. The van der Waals surface area contributed by atoms with Gasteiger partial charge in [0.05, 0.1) is 24.5 Å². The van der Waals surface area contributed by atoms with Crippen LogP contribution >= 0.6 is 0 Å². The van der Waals surface area contributed by atoms with Gasteiger partial charge in [0.2, 0.25) is 0 Å². The number of phenols is 1. The Balaban J connectivity index is 1.51. The van der Waals surface area contributed by atoms with Crippen LogP contribution in [0.1, 0.15) is 56.3 Å². The van der Waals surface area contributed by atoms with Gasteiger partial charge in [-0.25, -0.2) is 4.79 Å². The zero-order valence-electron chi connectivity index (χ0n) is 20.3. The van der Waals surface area contributed by atoms with Gasteiger partial charge in [-0.1, -0.05) is 32.6 Å². The number of phenolic OH excluding ortho intramolecular Hbond substituents is 1. The van der Waals surface area contributed by atoms with E-state index in [1.165, 1.54) is 31.4 Å². The Bertz CT molecular complexity index is 1100. The number of aromatic hydroxyl groups is 1. The van der Waals surface area contributed by atoms with Crippen molar-refractivity contribution < 1.29 is 24.1 Å². The van der Waals surface area contributed by atoms with Gasteiger partial charge < -0.3 is 19.3 Å². The summed E-state index contributed by atoms with van der Waals surface area (Å²) < 4.78 is 16.5. The summed E-state index contributed by atoms with van der Waals surface area (Å²) in [4.78, 5) is 12.5. The van der Waals surface area contributed by atoms with E-state index in [1.807, 2.05) is 6.92 Å². The smallest absolute Gasteiger partial charge is 0.343 e. The lowest BCUT2D eigenvalue weighted by Crippen LogP contribution is -2.08. The summed E-state index contributed by atoms with van der Waals surface area (Å²) in [6.07, 6.45) is 5.88. The van der Waals surface area contributed by atoms with Crippen molar-refractivity contribution in [1.29, 1.82) is 0 Å². The quantitative estimate of drug-likeness (QED) is 0.118. The molecule has 7 nitrogen and oxygen atoms in total. The van der Waals surface area contributed by atoms with Gasteiger partial charge in [0.15, 0.2) is 0 Å². The highest BCUT2D eigenvalue weighted by molar-refractivity contribution is 5.91. The van der Waals surface area contributed by atoms with E-state index < -0.39 is 5.97 Å². The average molecular weight is 477 g/mol. The zero-order chi connectivity index (χ0) is 24.9. The molecule has 7 heteroatoms. The van der Waals surface area contributed by atoms with Crippen LogP contribution < -0.4 is 14.2 Å². The van der Waals surface area contributed by atoms with Crippen molar-refractivity contribution in [3.05, 3.63) is 72.3 Å². The van der Waals surface area contributed by atoms with Gasteiger partial charge >= 0.3 is 5.97 Å². The fourth-order valence-corrected chi connectivity index (χ4v) is 3.29. The lowest BCUT2D eigenvalue weighted by atomic mass is 10.2. The Morgan fingerprint density at radius 2 is 1.43 bits per heavy atom. The molecular formula is C28H32N2O5. The summed E-state index contributed by atoms with van der Waals surface area (Å²) in [6, 6.07) is 18.4. The molecule has 35 heavy (non-hydrogen) atoms. The van der Waals surface area contributed by atoms with E-state index in [2.05, 4.69) is 17.2 Å². The van der Waals surface area contributed by atoms with Crippen LogP contribution in [-0.2, 0) is 0 Å². The highest BCUT2D eigenvalue weighted by Crippen LogP contribution is 2.32. The number of rotatable bonds is 13. The van der Waals surface area contributed by atoms with Gasteiger partial charge in [-0.3, -0.25) is 0 Å². The lowest BCUT2D eigenvalue weighted by molar-refractivity contribution is 0.0734. The largest absolute Gasteiger partial charge is 0.505 e. The van der Waals surface area contributed by atoms with Crippen LogP contribution in [0.15, 0.2) is 77.0 Å². The molecule has 3 rings (SSSR count). The summed E-state index contributed by atoms with van der Waals surface area (Å²) in [5, 5.41) is 18.5. The van der Waals surface area contributed by atoms with E-state index in [9.17, 15) is 9.90 Å². The Hall–Kier alpha value is -3.87. The number of nitrogens with zero attached hydrogens (tertiary/aromatic N) is 2. The first-order valence-corrected chi connectivity index (χ1v) is 12.0. The molecule has 0 amide bonds. The van der Waals surface area contributed by atoms with Crippen LogP contribution in [-0.4, -0.2) is 24.3 Å². The Kier molecular flexibility index (Phi) is 10.1. The number of ether oxygens (including phenoxy) is 3. The molecule has 0 saturated carbocycles. The summed E-state index contributed by atoms with van der Waals surface area (Å²) in [5.74, 6) is 1.00. The molecule has 3 aromatic rings. The van der Waals surface area contributed by atoms with Crippen molar-refractivity contribution in [2.24, 2.45) is 10.2 Å². The van der Waals surface area contributed by atoms with E-state index in [4.69, 9.17) is 14.2 Å². The molecule has 0 atom stereocenters. The highest BCUT2D eigenvalue weighted by Gasteiger charge is 2.11. The summed E-state index contributed by atoms with van der Waals surface area (Å²) >= 11 is 0. The third-order valence-corrected chi connectivity index (χ3v) is 5.18. The first-order valence-electron chi connectivity index (χ1n) is 12.0.